The molecule has 0 saturated carbocycles. The molecule has 0 amide bonds. The maximum atomic E-state index is 5.76. The number of ether oxygens (including phenoxy) is 2. The maximum absolute atomic E-state index is 5.76. The molecule has 0 bridgehead atoms. The quantitative estimate of drug-likeness (QED) is 0.775. The molecule has 1 fully saturated rings. The van der Waals surface area contributed by atoms with Gasteiger partial charge in [-0.05, 0) is 43.4 Å². The molecular weight excluding hydrogens is 200 g/mol. The van der Waals surface area contributed by atoms with E-state index in [-0.39, 0.29) is 0 Å². The van der Waals surface area contributed by atoms with E-state index in [4.69, 9.17) is 9.47 Å². The van der Waals surface area contributed by atoms with Crippen LogP contribution in [0, 0.1) is 0 Å². The maximum Gasteiger partial charge on any atom is 0.119 e. The third-order valence-electron chi connectivity index (χ3n) is 3.02. The molecule has 1 aliphatic rings. The highest BCUT2D eigenvalue weighted by Gasteiger charge is 2.14. The lowest BCUT2D eigenvalue weighted by Gasteiger charge is -2.22. The second kappa shape index (κ2) is 5.90. The van der Waals surface area contributed by atoms with E-state index in [0.717, 1.165) is 25.2 Å². The van der Waals surface area contributed by atoms with Crippen molar-refractivity contribution in [2.45, 2.75) is 38.7 Å². The van der Waals surface area contributed by atoms with Gasteiger partial charge < -0.3 is 9.47 Å². The van der Waals surface area contributed by atoms with Gasteiger partial charge in [0.15, 0.2) is 0 Å². The number of rotatable bonds is 4. The molecule has 0 aliphatic carbocycles. The topological polar surface area (TPSA) is 18.5 Å². The molecule has 2 nitrogen and oxygen atoms in total. The SMILES string of the molecule is CCc1cccc(OCC2CCCCO2)c1. The molecule has 1 saturated heterocycles. The summed E-state index contributed by atoms with van der Waals surface area (Å²) in [6.07, 6.45) is 4.94. The number of hydrogen-bond acceptors (Lipinski definition) is 2. The van der Waals surface area contributed by atoms with Crippen molar-refractivity contribution in [1.29, 1.82) is 0 Å². The average Bonchev–Trinajstić information content (AvgIpc) is 2.38. The highest BCUT2D eigenvalue weighted by molar-refractivity contribution is 5.28. The summed E-state index contributed by atoms with van der Waals surface area (Å²) in [5.41, 5.74) is 1.32. The minimum absolute atomic E-state index is 0.291. The Kier molecular flexibility index (Phi) is 4.23. The van der Waals surface area contributed by atoms with E-state index in [1.54, 1.807) is 0 Å². The fraction of sp³-hybridized carbons (Fsp3) is 0.571. The summed E-state index contributed by atoms with van der Waals surface area (Å²) in [7, 11) is 0. The third-order valence-corrected chi connectivity index (χ3v) is 3.02. The second-order valence-electron chi connectivity index (χ2n) is 4.30. The van der Waals surface area contributed by atoms with Gasteiger partial charge in [-0.15, -0.1) is 0 Å². The Hall–Kier alpha value is -1.02. The highest BCUT2D eigenvalue weighted by Crippen LogP contribution is 2.17. The summed E-state index contributed by atoms with van der Waals surface area (Å²) in [5.74, 6) is 0.966. The summed E-state index contributed by atoms with van der Waals surface area (Å²) in [4.78, 5) is 0. The smallest absolute Gasteiger partial charge is 0.119 e. The van der Waals surface area contributed by atoms with Gasteiger partial charge in [0.05, 0.1) is 6.10 Å². The van der Waals surface area contributed by atoms with Crippen molar-refractivity contribution in [1.82, 2.24) is 0 Å². The standard InChI is InChI=1S/C14H20O2/c1-2-12-6-5-8-13(10-12)16-11-14-7-3-4-9-15-14/h5-6,8,10,14H,2-4,7,9,11H2,1H3. The van der Waals surface area contributed by atoms with Gasteiger partial charge in [0, 0.05) is 6.61 Å². The molecular formula is C14H20O2. The second-order valence-corrected chi connectivity index (χ2v) is 4.30. The van der Waals surface area contributed by atoms with E-state index in [0.29, 0.717) is 12.7 Å². The van der Waals surface area contributed by atoms with Crippen LogP contribution in [0.4, 0.5) is 0 Å². The zero-order chi connectivity index (χ0) is 11.2. The van der Waals surface area contributed by atoms with Crippen LogP contribution in [0.15, 0.2) is 24.3 Å². The van der Waals surface area contributed by atoms with Crippen LogP contribution < -0.4 is 4.74 Å². The molecule has 0 radical (unpaired) electrons. The first-order valence-electron chi connectivity index (χ1n) is 6.22. The highest BCUT2D eigenvalue weighted by atomic mass is 16.5. The molecule has 1 unspecified atom stereocenters. The lowest BCUT2D eigenvalue weighted by Crippen LogP contribution is -2.25. The Labute approximate surface area is 97.6 Å². The molecule has 16 heavy (non-hydrogen) atoms. The van der Waals surface area contributed by atoms with Crippen LogP contribution in [0.25, 0.3) is 0 Å². The van der Waals surface area contributed by atoms with Gasteiger partial charge in [-0.2, -0.15) is 0 Å². The molecule has 1 atom stereocenters. The molecule has 0 N–H and O–H groups in total. The zero-order valence-corrected chi connectivity index (χ0v) is 9.95. The van der Waals surface area contributed by atoms with Gasteiger partial charge in [0.2, 0.25) is 0 Å². The van der Waals surface area contributed by atoms with Crippen molar-refractivity contribution in [2.24, 2.45) is 0 Å². The fourth-order valence-electron chi connectivity index (χ4n) is 1.98. The number of hydrogen-bond donors (Lipinski definition) is 0. The minimum Gasteiger partial charge on any atom is -0.491 e. The molecule has 0 spiro atoms. The molecule has 88 valence electrons. The van der Waals surface area contributed by atoms with Crippen LogP contribution in [-0.2, 0) is 11.2 Å². The Morgan fingerprint density at radius 2 is 2.31 bits per heavy atom. The van der Waals surface area contributed by atoms with Gasteiger partial charge >= 0.3 is 0 Å². The molecule has 2 heteroatoms. The molecule has 2 rings (SSSR count). The van der Waals surface area contributed by atoms with Gasteiger partial charge in [-0.1, -0.05) is 19.1 Å². The summed E-state index contributed by atoms with van der Waals surface area (Å²) in [5, 5.41) is 0. The summed E-state index contributed by atoms with van der Waals surface area (Å²) < 4.78 is 11.4. The average molecular weight is 220 g/mol. The summed E-state index contributed by atoms with van der Waals surface area (Å²) >= 11 is 0. The Balaban J connectivity index is 1.83. The lowest BCUT2D eigenvalue weighted by molar-refractivity contribution is -0.0110. The van der Waals surface area contributed by atoms with Crippen molar-refractivity contribution >= 4 is 0 Å². The van der Waals surface area contributed by atoms with Gasteiger partial charge in [0.25, 0.3) is 0 Å². The lowest BCUT2D eigenvalue weighted by atomic mass is 10.1. The predicted molar refractivity (Wildman–Crippen MR) is 64.9 cm³/mol. The van der Waals surface area contributed by atoms with Gasteiger partial charge in [-0.25, -0.2) is 0 Å². The van der Waals surface area contributed by atoms with Crippen LogP contribution in [-0.4, -0.2) is 19.3 Å². The summed E-state index contributed by atoms with van der Waals surface area (Å²) in [6, 6.07) is 8.31. The van der Waals surface area contributed by atoms with Crippen LogP contribution >= 0.6 is 0 Å². The first-order valence-corrected chi connectivity index (χ1v) is 6.22. The zero-order valence-electron chi connectivity index (χ0n) is 9.95. The van der Waals surface area contributed by atoms with Gasteiger partial charge in [-0.3, -0.25) is 0 Å². The van der Waals surface area contributed by atoms with E-state index < -0.39 is 0 Å². The van der Waals surface area contributed by atoms with Crippen molar-refractivity contribution in [3.8, 4) is 5.75 Å². The predicted octanol–water partition coefficient (Wildman–Crippen LogP) is 3.20. The number of benzene rings is 1. The fourth-order valence-corrected chi connectivity index (χ4v) is 1.98. The van der Waals surface area contributed by atoms with Crippen LogP contribution in [0.5, 0.6) is 5.75 Å². The summed E-state index contributed by atoms with van der Waals surface area (Å²) in [6.45, 7) is 3.74. The minimum atomic E-state index is 0.291. The molecule has 0 aromatic heterocycles. The largest absolute Gasteiger partial charge is 0.491 e. The van der Waals surface area contributed by atoms with Crippen LogP contribution in [0.2, 0.25) is 0 Å². The van der Waals surface area contributed by atoms with Crippen molar-refractivity contribution in [2.75, 3.05) is 13.2 Å². The van der Waals surface area contributed by atoms with Crippen LogP contribution in [0.3, 0.4) is 0 Å². The van der Waals surface area contributed by atoms with E-state index in [2.05, 4.69) is 25.1 Å². The van der Waals surface area contributed by atoms with Crippen molar-refractivity contribution in [3.05, 3.63) is 29.8 Å². The molecule has 1 heterocycles. The Morgan fingerprint density at radius 1 is 1.38 bits per heavy atom. The van der Waals surface area contributed by atoms with E-state index in [1.165, 1.54) is 18.4 Å². The van der Waals surface area contributed by atoms with Crippen molar-refractivity contribution < 1.29 is 9.47 Å². The van der Waals surface area contributed by atoms with E-state index >= 15 is 0 Å². The first-order chi connectivity index (χ1) is 7.88. The van der Waals surface area contributed by atoms with Crippen LogP contribution in [0.1, 0.15) is 31.7 Å². The van der Waals surface area contributed by atoms with E-state index in [9.17, 15) is 0 Å². The normalized spacial score (nSPS) is 20.7. The number of aryl methyl sites for hydroxylation is 1. The molecule has 1 aromatic carbocycles. The third kappa shape index (κ3) is 3.24. The monoisotopic (exact) mass is 220 g/mol. The molecule has 1 aromatic rings. The molecule has 1 aliphatic heterocycles. The first kappa shape index (κ1) is 11.5. The Morgan fingerprint density at radius 3 is 3.06 bits per heavy atom. The van der Waals surface area contributed by atoms with Crippen molar-refractivity contribution in [3.63, 3.8) is 0 Å². The van der Waals surface area contributed by atoms with Gasteiger partial charge in [0.1, 0.15) is 12.4 Å². The van der Waals surface area contributed by atoms with E-state index in [1.807, 2.05) is 6.07 Å². The Bertz CT molecular complexity index is 316.